The first-order valence-electron chi connectivity index (χ1n) is 48.4. The number of hydrogen-bond donors (Lipinski definition) is 0. The monoisotopic (exact) mass is 1900 g/mol. The van der Waals surface area contributed by atoms with Crippen LogP contribution in [0.3, 0.4) is 0 Å². The number of fused-ring (bicyclic) bond motifs is 41. The summed E-state index contributed by atoms with van der Waals surface area (Å²) in [7, 11) is 0. The van der Waals surface area contributed by atoms with Crippen molar-refractivity contribution in [1.29, 1.82) is 0 Å². The maximum atomic E-state index is 6.40. The lowest BCUT2D eigenvalue weighted by Crippen LogP contribution is -2.04. The van der Waals surface area contributed by atoms with Gasteiger partial charge in [-0.15, -0.1) is 45.3 Å². The average molecular weight is 1910 g/mol. The van der Waals surface area contributed by atoms with Crippen molar-refractivity contribution in [2.45, 2.75) is 0 Å². The van der Waals surface area contributed by atoms with E-state index in [2.05, 4.69) is 432 Å². The topological polar surface area (TPSA) is 105 Å². The molecule has 22 aromatic carbocycles. The zero-order chi connectivity index (χ0) is 94.0. The molecule has 0 radical (unpaired) electrons. The first kappa shape index (κ1) is 80.9. The molecule has 668 valence electrons. The molecule has 0 N–H and O–H groups in total. The Labute approximate surface area is 836 Å². The Kier molecular flexibility index (Phi) is 17.8. The second kappa shape index (κ2) is 31.8. The van der Waals surface area contributed by atoms with Crippen molar-refractivity contribution in [3.8, 4) is 62.4 Å². The van der Waals surface area contributed by atoms with Gasteiger partial charge in [-0.25, -0.2) is 24.9 Å². The van der Waals surface area contributed by atoms with Crippen LogP contribution in [-0.2, 0) is 0 Å². The van der Waals surface area contributed by atoms with E-state index in [-0.39, 0.29) is 0 Å². The van der Waals surface area contributed by atoms with Crippen molar-refractivity contribution in [3.63, 3.8) is 0 Å². The average Bonchev–Trinajstić information content (AvgIpc) is 1.54. The molecule has 0 amide bonds. The molecule has 0 bridgehead atoms. The summed E-state index contributed by atoms with van der Waals surface area (Å²) in [5, 5.41) is 31.8. The highest BCUT2D eigenvalue weighted by Gasteiger charge is 2.32. The van der Waals surface area contributed by atoms with Crippen molar-refractivity contribution in [1.82, 2.24) is 43.6 Å². The van der Waals surface area contributed by atoms with E-state index in [1.54, 1.807) is 11.3 Å². The van der Waals surface area contributed by atoms with Gasteiger partial charge < -0.3 is 4.42 Å². The van der Waals surface area contributed by atoms with E-state index in [0.717, 1.165) is 133 Å². The summed E-state index contributed by atoms with van der Waals surface area (Å²) in [5.41, 5.74) is 19.7. The van der Waals surface area contributed by atoms with Crippen LogP contribution < -0.4 is 0 Å². The van der Waals surface area contributed by atoms with Crippen molar-refractivity contribution >= 4 is 290 Å². The van der Waals surface area contributed by atoms with E-state index in [1.165, 1.54) is 168 Å². The Balaban J connectivity index is 0.0000000986. The molecule has 0 aliphatic carbocycles. The molecular formula is C130H73N9OS4. The predicted molar refractivity (Wildman–Crippen MR) is 612 cm³/mol. The lowest BCUT2D eigenvalue weighted by atomic mass is 9.99. The molecule has 0 fully saturated rings. The zero-order valence-electron chi connectivity index (χ0n) is 76.7. The van der Waals surface area contributed by atoms with E-state index >= 15 is 0 Å². The second-order valence-electron chi connectivity index (χ2n) is 37.2. The lowest BCUT2D eigenvalue weighted by Gasteiger charge is -2.16. The molecule has 144 heavy (non-hydrogen) atoms. The van der Waals surface area contributed by atoms with Gasteiger partial charge in [0.05, 0.1) is 58.2 Å². The summed E-state index contributed by atoms with van der Waals surface area (Å²) < 4.78 is 22.4. The maximum Gasteiger partial charge on any atom is 0.248 e. The van der Waals surface area contributed by atoms with E-state index in [9.17, 15) is 0 Å². The molecule has 33 aromatic rings. The smallest absolute Gasteiger partial charge is 0.248 e. The highest BCUT2D eigenvalue weighted by atomic mass is 32.1. The summed E-state index contributed by atoms with van der Waals surface area (Å²) in [6.45, 7) is 0. The number of benzene rings is 22. The number of nitrogens with zero attached hydrogens (tertiary/aromatic N) is 9. The zero-order valence-corrected chi connectivity index (χ0v) is 80.0. The SMILES string of the molecule is c1ccc(-c2ccc(-c3nc4c(nc3-n3c5ccccc5c5c6ccccc6c6c7ccccc7sc6c53)oc3ccccc34)cc2)cc1.c1ccc2c(-c3nc4sc5ccccc5c4nc3-n3c4ccccc4c4c5ccccc5c5c6ccccc6sc5c43)cccc2c1.c1ccc2cc(-c3nc4ccc5ccccc5c4nc3-n3c4ccccc4c4c5ccccc5c5c6ccccc6sc5c43)ccc2c1. The number of rotatable bonds is 7. The van der Waals surface area contributed by atoms with Gasteiger partial charge in [0.2, 0.25) is 5.71 Å². The molecule has 0 spiro atoms. The van der Waals surface area contributed by atoms with Crippen LogP contribution in [0.15, 0.2) is 447 Å². The van der Waals surface area contributed by atoms with Crippen LogP contribution in [0.4, 0.5) is 0 Å². The van der Waals surface area contributed by atoms with E-state index in [0.29, 0.717) is 5.71 Å². The van der Waals surface area contributed by atoms with Crippen LogP contribution in [0.5, 0.6) is 0 Å². The predicted octanol–water partition coefficient (Wildman–Crippen LogP) is 36.8. The van der Waals surface area contributed by atoms with E-state index in [4.69, 9.17) is 34.3 Å². The molecule has 0 aliphatic heterocycles. The Morgan fingerprint density at radius 1 is 0.201 bits per heavy atom. The standard InChI is InChI=1S/C44H25N3OS.C44H25N3S.C42H23N3S2/c1-2-12-26(13-3-1)27-22-24-28(25-23-27)39-43(46-44-40(45-39)32-17-7-10-20-35(32)48-44)47-34-19-9-6-16-31(34)37-29-14-4-5-15-30(29)38-33-18-8-11-21-36(33)49-42(38)41(37)47;1-2-13-28-25-29(22-21-26(28)11-1)40-44(46-41-30-14-4-3-12-27(30)23-24-35(41)45-40)47-36-19-9-7-17-33(36)38-31-15-5-6-16-32(31)39-34-18-8-10-20-37(34)48-43(39)42(38)47;1-2-14-25-24(12-1)13-11-20-28(25)37-41(43-38-31-19-7-10-23-34(31)47-42(38)44-37)45-32-21-8-5-17-29(32)35-26-15-3-4-16-27(26)36-30-18-6-9-22-33(30)46-40(36)39(35)45/h1-25H;1-25H;1-23H. The number of para-hydroxylation sites is 4. The second-order valence-corrected chi connectivity index (χ2v) is 41.3. The van der Waals surface area contributed by atoms with Crippen LogP contribution in [-0.4, -0.2) is 43.6 Å². The largest absolute Gasteiger partial charge is 0.436 e. The summed E-state index contributed by atoms with van der Waals surface area (Å²) >= 11 is 7.31. The highest BCUT2D eigenvalue weighted by molar-refractivity contribution is 7.28. The molecule has 0 unspecified atom stereocenters. The van der Waals surface area contributed by atoms with Gasteiger partial charge in [-0.05, 0) is 137 Å². The lowest BCUT2D eigenvalue weighted by molar-refractivity contribution is 0.652. The van der Waals surface area contributed by atoms with E-state index < -0.39 is 0 Å². The van der Waals surface area contributed by atoms with Crippen molar-refractivity contribution < 1.29 is 4.42 Å². The summed E-state index contributed by atoms with van der Waals surface area (Å²) in [6, 6.07) is 158. The van der Waals surface area contributed by atoms with Crippen molar-refractivity contribution in [2.75, 3.05) is 0 Å². The molecule has 11 heterocycles. The quantitative estimate of drug-likeness (QED) is 0.146. The molecule has 0 saturated heterocycles. The summed E-state index contributed by atoms with van der Waals surface area (Å²) in [5.74, 6) is 2.45. The van der Waals surface area contributed by atoms with Crippen molar-refractivity contribution in [3.05, 3.63) is 443 Å². The van der Waals surface area contributed by atoms with Gasteiger partial charge in [0.1, 0.15) is 38.5 Å². The van der Waals surface area contributed by atoms with Crippen molar-refractivity contribution in [2.24, 2.45) is 0 Å². The third-order valence-electron chi connectivity index (χ3n) is 29.4. The van der Waals surface area contributed by atoms with Gasteiger partial charge in [-0.2, -0.15) is 4.98 Å². The fraction of sp³-hybridized carbons (Fsp3) is 0. The van der Waals surface area contributed by atoms with Crippen LogP contribution in [0.1, 0.15) is 0 Å². The molecule has 33 rings (SSSR count). The minimum absolute atomic E-state index is 0.528. The minimum atomic E-state index is 0.528. The summed E-state index contributed by atoms with van der Waals surface area (Å²) in [6.07, 6.45) is 0. The molecule has 11 aromatic heterocycles. The maximum absolute atomic E-state index is 6.40. The van der Waals surface area contributed by atoms with Gasteiger partial charge in [0.15, 0.2) is 17.5 Å². The number of hydrogen-bond acceptors (Lipinski definition) is 11. The van der Waals surface area contributed by atoms with Crippen LogP contribution in [0.25, 0.3) is 307 Å². The van der Waals surface area contributed by atoms with Crippen LogP contribution >= 0.6 is 45.3 Å². The number of thiophene rings is 4. The summed E-state index contributed by atoms with van der Waals surface area (Å²) in [4.78, 5) is 34.1. The minimum Gasteiger partial charge on any atom is -0.436 e. The molecule has 0 aliphatic rings. The molecule has 10 nitrogen and oxygen atoms in total. The fourth-order valence-electron chi connectivity index (χ4n) is 23.1. The van der Waals surface area contributed by atoms with E-state index in [1.807, 2.05) is 58.3 Å². The molecule has 0 saturated carbocycles. The van der Waals surface area contributed by atoms with Gasteiger partial charge in [-0.1, -0.05) is 376 Å². The normalized spacial score (nSPS) is 12.2. The van der Waals surface area contributed by atoms with Gasteiger partial charge in [0.25, 0.3) is 0 Å². The molecular weight excluding hydrogens is 1830 g/mol. The Bertz CT molecular complexity index is 11300. The Hall–Kier alpha value is -18.0. The van der Waals surface area contributed by atoms with Crippen LogP contribution in [0, 0.1) is 0 Å². The molecule has 0 atom stereocenters. The first-order valence-corrected chi connectivity index (χ1v) is 51.7. The number of aromatic nitrogens is 9. The first-order chi connectivity index (χ1) is 71.5. The van der Waals surface area contributed by atoms with Crippen LogP contribution in [0.2, 0.25) is 0 Å². The third-order valence-corrected chi connectivity index (χ3v) is 33.9. The molecule has 14 heteroatoms. The van der Waals surface area contributed by atoms with Gasteiger partial charge in [0, 0.05) is 116 Å². The fourth-order valence-corrected chi connectivity index (χ4v) is 27.9. The highest BCUT2D eigenvalue weighted by Crippen LogP contribution is 2.55. The van der Waals surface area contributed by atoms with Gasteiger partial charge in [-0.3, -0.25) is 13.7 Å². The number of furan rings is 1. The Morgan fingerprint density at radius 3 is 1.11 bits per heavy atom. The third kappa shape index (κ3) is 12.1. The Morgan fingerprint density at radius 2 is 0.569 bits per heavy atom. The van der Waals surface area contributed by atoms with Gasteiger partial charge >= 0.3 is 0 Å².